The van der Waals surface area contributed by atoms with Gasteiger partial charge >= 0.3 is 12.0 Å². The van der Waals surface area contributed by atoms with Crippen LogP contribution in [-0.2, 0) is 11.8 Å². The molecule has 0 saturated carbocycles. The number of hydrogen-bond acceptors (Lipinski definition) is 5. The Morgan fingerprint density at radius 1 is 1.36 bits per heavy atom. The van der Waals surface area contributed by atoms with Crippen molar-refractivity contribution in [2.24, 2.45) is 7.05 Å². The zero-order chi connectivity index (χ0) is 16.5. The molecule has 0 N–H and O–H groups in total. The number of hydrogen-bond donors (Lipinski definition) is 0. The van der Waals surface area contributed by atoms with Gasteiger partial charge in [0.2, 0.25) is 18.1 Å². The molecule has 0 aromatic carbocycles. The molecule has 2 rings (SSSR count). The Labute approximate surface area is 123 Å². The number of rotatable bonds is 3. The second-order valence-corrected chi connectivity index (χ2v) is 4.92. The van der Waals surface area contributed by atoms with Gasteiger partial charge in [-0.15, -0.1) is 0 Å². The Hall–Kier alpha value is -2.33. The Bertz CT molecular complexity index is 578. The van der Waals surface area contributed by atoms with E-state index in [0.29, 0.717) is 0 Å². The van der Waals surface area contributed by atoms with Gasteiger partial charge in [-0.1, -0.05) is 0 Å². The Kier molecular flexibility index (Phi) is 4.24. The SMILES string of the molecule is Cn1cnc([N+](=O)[O-])c1N1CCN(C(=O)CC(F)(F)F)CC1. The summed E-state index contributed by atoms with van der Waals surface area (Å²) >= 11 is 0. The number of nitrogens with zero attached hydrogens (tertiary/aromatic N) is 5. The zero-order valence-corrected chi connectivity index (χ0v) is 11.7. The summed E-state index contributed by atoms with van der Waals surface area (Å²) in [6.45, 7) is 0.586. The molecule has 8 nitrogen and oxygen atoms in total. The van der Waals surface area contributed by atoms with Gasteiger partial charge in [0.05, 0.1) is 0 Å². The van der Waals surface area contributed by atoms with Crippen molar-refractivity contribution in [1.29, 1.82) is 0 Å². The zero-order valence-electron chi connectivity index (χ0n) is 11.7. The van der Waals surface area contributed by atoms with E-state index in [2.05, 4.69) is 4.98 Å². The predicted octanol–water partition coefficient (Wildman–Crippen LogP) is 0.929. The highest BCUT2D eigenvalue weighted by molar-refractivity contribution is 5.77. The fourth-order valence-corrected chi connectivity index (χ4v) is 2.36. The van der Waals surface area contributed by atoms with Gasteiger partial charge in [0.1, 0.15) is 6.42 Å². The van der Waals surface area contributed by atoms with E-state index in [9.17, 15) is 28.1 Å². The number of piperazine rings is 1. The van der Waals surface area contributed by atoms with Crippen LogP contribution in [0.15, 0.2) is 6.33 Å². The van der Waals surface area contributed by atoms with Crippen LogP contribution in [0, 0.1) is 10.1 Å². The summed E-state index contributed by atoms with van der Waals surface area (Å²) in [6, 6.07) is 0. The number of nitro groups is 1. The molecule has 1 fully saturated rings. The lowest BCUT2D eigenvalue weighted by Crippen LogP contribution is -2.50. The van der Waals surface area contributed by atoms with Gasteiger partial charge in [-0.2, -0.15) is 13.2 Å². The van der Waals surface area contributed by atoms with Gasteiger partial charge in [-0.3, -0.25) is 9.36 Å². The number of amides is 1. The molecule has 0 atom stereocenters. The molecule has 1 aromatic rings. The number of imidazole rings is 1. The monoisotopic (exact) mass is 321 g/mol. The van der Waals surface area contributed by atoms with Crippen LogP contribution in [-0.4, -0.2) is 57.6 Å². The molecule has 22 heavy (non-hydrogen) atoms. The van der Waals surface area contributed by atoms with Crippen molar-refractivity contribution in [3.63, 3.8) is 0 Å². The molecule has 1 aliphatic heterocycles. The second-order valence-electron chi connectivity index (χ2n) is 4.92. The highest BCUT2D eigenvalue weighted by Gasteiger charge is 2.35. The van der Waals surface area contributed by atoms with Crippen molar-refractivity contribution in [2.45, 2.75) is 12.6 Å². The van der Waals surface area contributed by atoms with Crippen LogP contribution < -0.4 is 4.90 Å². The molecular formula is C11H14F3N5O3. The standard InChI is InChI=1S/C11H14F3N5O3/c1-16-7-15-9(19(21)22)10(16)18-4-2-17(3-5-18)8(20)6-11(12,13)14/h7H,2-6H2,1H3. The van der Waals surface area contributed by atoms with Crippen molar-refractivity contribution < 1.29 is 22.9 Å². The first-order valence-corrected chi connectivity index (χ1v) is 6.44. The van der Waals surface area contributed by atoms with Gasteiger partial charge in [0.25, 0.3) is 0 Å². The second kappa shape index (κ2) is 5.81. The van der Waals surface area contributed by atoms with Crippen molar-refractivity contribution in [3.05, 3.63) is 16.4 Å². The third kappa shape index (κ3) is 3.46. The normalized spacial score (nSPS) is 16.0. The van der Waals surface area contributed by atoms with E-state index >= 15 is 0 Å². The number of halogens is 3. The van der Waals surface area contributed by atoms with Crippen molar-refractivity contribution in [3.8, 4) is 0 Å². The highest BCUT2D eigenvalue weighted by atomic mass is 19.4. The van der Waals surface area contributed by atoms with Crippen molar-refractivity contribution in [2.75, 3.05) is 31.1 Å². The quantitative estimate of drug-likeness (QED) is 0.611. The predicted molar refractivity (Wildman–Crippen MR) is 69.3 cm³/mol. The van der Waals surface area contributed by atoms with Gasteiger partial charge in [-0.25, -0.2) is 0 Å². The number of aromatic nitrogens is 2. The van der Waals surface area contributed by atoms with E-state index in [1.807, 2.05) is 0 Å². The largest absolute Gasteiger partial charge is 0.406 e. The van der Waals surface area contributed by atoms with E-state index in [4.69, 9.17) is 0 Å². The molecule has 1 aliphatic rings. The summed E-state index contributed by atoms with van der Waals surface area (Å²) < 4.78 is 38.1. The van der Waals surface area contributed by atoms with E-state index in [0.717, 1.165) is 4.90 Å². The first-order valence-electron chi connectivity index (χ1n) is 6.44. The lowest BCUT2D eigenvalue weighted by molar-refractivity contribution is -0.388. The summed E-state index contributed by atoms with van der Waals surface area (Å²) in [6.07, 6.45) is -4.72. The molecular weight excluding hydrogens is 307 g/mol. The average Bonchev–Trinajstić information content (AvgIpc) is 2.79. The van der Waals surface area contributed by atoms with Crippen LogP contribution >= 0.6 is 0 Å². The maximum absolute atomic E-state index is 12.2. The molecule has 122 valence electrons. The number of anilines is 1. The minimum absolute atomic E-state index is 0.0806. The molecule has 0 unspecified atom stereocenters. The minimum atomic E-state index is -4.53. The van der Waals surface area contributed by atoms with Crippen molar-refractivity contribution >= 4 is 17.5 Å². The van der Waals surface area contributed by atoms with Crippen molar-refractivity contribution in [1.82, 2.24) is 14.5 Å². The Morgan fingerprint density at radius 2 is 1.95 bits per heavy atom. The number of alkyl halides is 3. The first-order chi connectivity index (χ1) is 10.2. The molecule has 1 saturated heterocycles. The lowest BCUT2D eigenvalue weighted by atomic mass is 10.2. The smallest absolute Gasteiger partial charge is 0.358 e. The average molecular weight is 321 g/mol. The van der Waals surface area contributed by atoms with E-state index in [1.165, 1.54) is 10.9 Å². The fourth-order valence-electron chi connectivity index (χ4n) is 2.36. The van der Waals surface area contributed by atoms with E-state index in [-0.39, 0.29) is 37.8 Å². The molecule has 1 aromatic heterocycles. The Morgan fingerprint density at radius 3 is 2.45 bits per heavy atom. The summed E-state index contributed by atoms with van der Waals surface area (Å²) in [5.41, 5.74) is 0. The number of aryl methyl sites for hydroxylation is 1. The van der Waals surface area contributed by atoms with Crippen LogP contribution in [0.4, 0.5) is 24.8 Å². The topological polar surface area (TPSA) is 84.5 Å². The van der Waals surface area contributed by atoms with Crippen LogP contribution in [0.1, 0.15) is 6.42 Å². The van der Waals surface area contributed by atoms with E-state index < -0.39 is 23.4 Å². The van der Waals surface area contributed by atoms with E-state index in [1.54, 1.807) is 11.9 Å². The fraction of sp³-hybridized carbons (Fsp3) is 0.636. The van der Waals surface area contributed by atoms with Gasteiger partial charge in [0.15, 0.2) is 0 Å². The van der Waals surface area contributed by atoms with Crippen LogP contribution in [0.3, 0.4) is 0 Å². The highest BCUT2D eigenvalue weighted by Crippen LogP contribution is 2.27. The third-order valence-electron chi connectivity index (χ3n) is 3.34. The minimum Gasteiger partial charge on any atom is -0.358 e. The summed E-state index contributed by atoms with van der Waals surface area (Å²) in [4.78, 5) is 28.3. The van der Waals surface area contributed by atoms with Gasteiger partial charge in [0, 0.05) is 33.2 Å². The molecule has 11 heteroatoms. The van der Waals surface area contributed by atoms with Crippen LogP contribution in [0.2, 0.25) is 0 Å². The summed E-state index contributed by atoms with van der Waals surface area (Å²) in [7, 11) is 1.59. The molecule has 0 aliphatic carbocycles. The molecule has 2 heterocycles. The van der Waals surface area contributed by atoms with Crippen LogP contribution in [0.5, 0.6) is 0 Å². The Balaban J connectivity index is 2.02. The summed E-state index contributed by atoms with van der Waals surface area (Å²) in [5, 5.41) is 10.9. The lowest BCUT2D eigenvalue weighted by Gasteiger charge is -2.35. The number of carbonyl (C=O) groups excluding carboxylic acids is 1. The maximum atomic E-state index is 12.2. The third-order valence-corrected chi connectivity index (χ3v) is 3.34. The molecule has 0 spiro atoms. The van der Waals surface area contributed by atoms with Gasteiger partial charge in [-0.05, 0) is 9.91 Å². The first kappa shape index (κ1) is 16.0. The molecule has 0 bridgehead atoms. The van der Waals surface area contributed by atoms with Crippen LogP contribution in [0.25, 0.3) is 0 Å². The molecule has 0 radical (unpaired) electrons. The number of carbonyl (C=O) groups is 1. The summed E-state index contributed by atoms with van der Waals surface area (Å²) in [5.74, 6) is -1.00. The molecule has 1 amide bonds. The van der Waals surface area contributed by atoms with Gasteiger partial charge < -0.3 is 19.9 Å². The maximum Gasteiger partial charge on any atom is 0.406 e.